The molecule has 1 atom stereocenters. The van der Waals surface area contributed by atoms with E-state index >= 15 is 0 Å². The molecule has 1 aromatic rings. The molecule has 2 heterocycles. The second-order valence-electron chi connectivity index (χ2n) is 6.18. The lowest BCUT2D eigenvalue weighted by molar-refractivity contribution is 0.146. The number of likely N-dealkylation sites (tertiary alicyclic amines) is 1. The van der Waals surface area contributed by atoms with Crippen molar-refractivity contribution in [3.8, 4) is 6.07 Å². The monoisotopic (exact) mass is 284 g/mol. The highest BCUT2D eigenvalue weighted by Gasteiger charge is 2.43. The summed E-state index contributed by atoms with van der Waals surface area (Å²) in [7, 11) is 0. The topological polar surface area (TPSA) is 42.3 Å². The predicted molar refractivity (Wildman–Crippen MR) is 83.7 cm³/mol. The van der Waals surface area contributed by atoms with Crippen molar-refractivity contribution in [1.82, 2.24) is 15.1 Å². The fourth-order valence-electron chi connectivity index (χ4n) is 3.54. The maximum Gasteiger partial charge on any atom is 0.123 e. The van der Waals surface area contributed by atoms with E-state index < -0.39 is 0 Å². The molecule has 4 heteroatoms. The van der Waals surface area contributed by atoms with E-state index in [1.807, 2.05) is 0 Å². The highest BCUT2D eigenvalue weighted by Crippen LogP contribution is 2.29. The van der Waals surface area contributed by atoms with E-state index in [1.165, 1.54) is 5.56 Å². The lowest BCUT2D eigenvalue weighted by Gasteiger charge is -2.34. The largest absolute Gasteiger partial charge is 0.315 e. The summed E-state index contributed by atoms with van der Waals surface area (Å²) >= 11 is 0. The Bertz CT molecular complexity index is 487. The molecule has 0 bridgehead atoms. The number of nitrogens with zero attached hydrogens (tertiary/aromatic N) is 3. The van der Waals surface area contributed by atoms with Crippen LogP contribution in [-0.4, -0.2) is 54.6 Å². The van der Waals surface area contributed by atoms with Gasteiger partial charge in [-0.25, -0.2) is 0 Å². The Balaban J connectivity index is 1.66. The Hall–Kier alpha value is -1.41. The molecule has 1 N–H and O–H groups in total. The molecule has 2 aliphatic rings. The summed E-state index contributed by atoms with van der Waals surface area (Å²) in [5, 5.41) is 13.2. The van der Waals surface area contributed by atoms with Gasteiger partial charge in [0, 0.05) is 39.3 Å². The fourth-order valence-corrected chi connectivity index (χ4v) is 3.54. The molecule has 4 nitrogen and oxygen atoms in total. The molecule has 0 saturated carbocycles. The highest BCUT2D eigenvalue weighted by molar-refractivity contribution is 5.18. The van der Waals surface area contributed by atoms with Crippen molar-refractivity contribution < 1.29 is 0 Å². The van der Waals surface area contributed by atoms with Crippen LogP contribution >= 0.6 is 0 Å². The zero-order chi connectivity index (χ0) is 14.5. The van der Waals surface area contributed by atoms with Crippen LogP contribution in [0.3, 0.4) is 0 Å². The van der Waals surface area contributed by atoms with Gasteiger partial charge in [-0.15, -0.1) is 0 Å². The SMILES string of the molecule is N#CC1(N2CCCNCC2)CCN(Cc2ccccc2)C1. The highest BCUT2D eigenvalue weighted by atomic mass is 15.3. The molecule has 1 aromatic carbocycles. The van der Waals surface area contributed by atoms with Gasteiger partial charge in [-0.2, -0.15) is 5.26 Å². The van der Waals surface area contributed by atoms with Gasteiger partial charge in [0.05, 0.1) is 6.07 Å². The Morgan fingerprint density at radius 1 is 1.14 bits per heavy atom. The van der Waals surface area contributed by atoms with Crippen molar-refractivity contribution in [2.24, 2.45) is 0 Å². The minimum absolute atomic E-state index is 0.277. The summed E-state index contributed by atoms with van der Waals surface area (Å²) in [6.45, 7) is 6.96. The molecule has 21 heavy (non-hydrogen) atoms. The van der Waals surface area contributed by atoms with Crippen LogP contribution in [0.5, 0.6) is 0 Å². The summed E-state index contributed by atoms with van der Waals surface area (Å²) in [5.74, 6) is 0. The second kappa shape index (κ2) is 6.57. The van der Waals surface area contributed by atoms with Gasteiger partial charge in [-0.05, 0) is 24.9 Å². The van der Waals surface area contributed by atoms with E-state index in [0.29, 0.717) is 0 Å². The first-order valence-electron chi connectivity index (χ1n) is 7.96. The van der Waals surface area contributed by atoms with Crippen molar-refractivity contribution in [3.63, 3.8) is 0 Å². The van der Waals surface area contributed by atoms with Crippen LogP contribution in [0.4, 0.5) is 0 Å². The fraction of sp³-hybridized carbons (Fsp3) is 0.588. The van der Waals surface area contributed by atoms with Crippen molar-refractivity contribution in [3.05, 3.63) is 35.9 Å². The van der Waals surface area contributed by atoms with Gasteiger partial charge in [0.15, 0.2) is 0 Å². The van der Waals surface area contributed by atoms with Gasteiger partial charge in [-0.1, -0.05) is 30.3 Å². The molecule has 3 rings (SSSR count). The molecule has 0 spiro atoms. The van der Waals surface area contributed by atoms with Crippen molar-refractivity contribution in [2.75, 3.05) is 39.3 Å². The first-order chi connectivity index (χ1) is 10.3. The number of hydrogen-bond donors (Lipinski definition) is 1. The Morgan fingerprint density at radius 3 is 2.81 bits per heavy atom. The molecule has 2 aliphatic heterocycles. The van der Waals surface area contributed by atoms with Gasteiger partial charge in [0.1, 0.15) is 5.54 Å². The van der Waals surface area contributed by atoms with E-state index in [9.17, 15) is 5.26 Å². The van der Waals surface area contributed by atoms with Crippen LogP contribution in [0.2, 0.25) is 0 Å². The van der Waals surface area contributed by atoms with Gasteiger partial charge < -0.3 is 5.32 Å². The standard InChI is InChI=1S/C17H24N4/c18-14-17(21-10-4-8-19-9-12-21)7-11-20(15-17)13-16-5-2-1-3-6-16/h1-3,5-6,19H,4,7-13,15H2. The Morgan fingerprint density at radius 2 is 2.00 bits per heavy atom. The normalized spacial score (nSPS) is 28.1. The average molecular weight is 284 g/mol. The third-order valence-corrected chi connectivity index (χ3v) is 4.73. The average Bonchev–Trinajstić information content (AvgIpc) is 2.75. The third kappa shape index (κ3) is 3.26. The smallest absolute Gasteiger partial charge is 0.123 e. The molecule has 0 amide bonds. The maximum atomic E-state index is 9.81. The van der Waals surface area contributed by atoms with Crippen LogP contribution in [0.15, 0.2) is 30.3 Å². The number of rotatable bonds is 3. The summed E-state index contributed by atoms with van der Waals surface area (Å²) < 4.78 is 0. The van der Waals surface area contributed by atoms with E-state index in [-0.39, 0.29) is 5.54 Å². The molecular formula is C17H24N4. The molecule has 1 unspecified atom stereocenters. The zero-order valence-electron chi connectivity index (χ0n) is 12.6. The van der Waals surface area contributed by atoms with Crippen LogP contribution < -0.4 is 5.32 Å². The molecule has 0 aliphatic carbocycles. The summed E-state index contributed by atoms with van der Waals surface area (Å²) in [4.78, 5) is 4.84. The molecule has 0 aromatic heterocycles. The Labute approximate surface area is 127 Å². The molecule has 2 saturated heterocycles. The van der Waals surface area contributed by atoms with E-state index in [0.717, 1.165) is 58.7 Å². The molecule has 2 fully saturated rings. The quantitative estimate of drug-likeness (QED) is 0.912. The summed E-state index contributed by atoms with van der Waals surface area (Å²) in [6.07, 6.45) is 2.11. The van der Waals surface area contributed by atoms with Crippen LogP contribution in [0.1, 0.15) is 18.4 Å². The van der Waals surface area contributed by atoms with E-state index in [1.54, 1.807) is 0 Å². The van der Waals surface area contributed by atoms with Gasteiger partial charge in [0.2, 0.25) is 0 Å². The third-order valence-electron chi connectivity index (χ3n) is 4.73. The minimum Gasteiger partial charge on any atom is -0.315 e. The van der Waals surface area contributed by atoms with Gasteiger partial charge in [0.25, 0.3) is 0 Å². The van der Waals surface area contributed by atoms with Crippen LogP contribution in [-0.2, 0) is 6.54 Å². The van der Waals surface area contributed by atoms with Crippen LogP contribution in [0.25, 0.3) is 0 Å². The predicted octanol–water partition coefficient (Wildman–Crippen LogP) is 1.45. The number of nitriles is 1. The van der Waals surface area contributed by atoms with E-state index in [2.05, 4.69) is 51.5 Å². The summed E-state index contributed by atoms with van der Waals surface area (Å²) in [5.41, 5.74) is 1.06. The lowest BCUT2D eigenvalue weighted by atomic mass is 9.97. The summed E-state index contributed by atoms with van der Waals surface area (Å²) in [6, 6.07) is 13.2. The number of hydrogen-bond acceptors (Lipinski definition) is 4. The second-order valence-corrected chi connectivity index (χ2v) is 6.18. The van der Waals surface area contributed by atoms with E-state index in [4.69, 9.17) is 0 Å². The van der Waals surface area contributed by atoms with Crippen LogP contribution in [0, 0.1) is 11.3 Å². The van der Waals surface area contributed by atoms with Crippen molar-refractivity contribution >= 4 is 0 Å². The minimum atomic E-state index is -0.277. The van der Waals surface area contributed by atoms with Crippen molar-refractivity contribution in [1.29, 1.82) is 5.26 Å². The first kappa shape index (κ1) is 14.5. The zero-order valence-corrected chi connectivity index (χ0v) is 12.6. The van der Waals surface area contributed by atoms with Gasteiger partial charge >= 0.3 is 0 Å². The number of nitrogens with one attached hydrogen (secondary N) is 1. The van der Waals surface area contributed by atoms with Crippen molar-refractivity contribution in [2.45, 2.75) is 24.9 Å². The number of benzene rings is 1. The Kier molecular flexibility index (Phi) is 4.54. The first-order valence-corrected chi connectivity index (χ1v) is 7.96. The lowest BCUT2D eigenvalue weighted by Crippen LogP contribution is -2.51. The van der Waals surface area contributed by atoms with Gasteiger partial charge in [-0.3, -0.25) is 9.80 Å². The maximum absolute atomic E-state index is 9.81. The molecular weight excluding hydrogens is 260 g/mol. The molecule has 0 radical (unpaired) electrons. The molecule has 112 valence electrons.